The maximum Gasteiger partial charge on any atom is 0.337 e. The van der Waals surface area contributed by atoms with Gasteiger partial charge in [0.1, 0.15) is 5.82 Å². The van der Waals surface area contributed by atoms with E-state index in [-0.39, 0.29) is 11.1 Å². The van der Waals surface area contributed by atoms with E-state index in [2.05, 4.69) is 4.74 Å². The molecule has 0 saturated carbocycles. The number of carboxylic acid groups (broad SMARTS) is 1. The first kappa shape index (κ1) is 14.7. The normalized spacial score (nSPS) is 10.2. The van der Waals surface area contributed by atoms with Crippen LogP contribution in [0.1, 0.15) is 26.3 Å². The molecule has 0 unspecified atom stereocenters. The summed E-state index contributed by atoms with van der Waals surface area (Å²) in [6.45, 7) is 1.70. The number of carbonyl (C=O) groups is 2. The van der Waals surface area contributed by atoms with Crippen molar-refractivity contribution in [3.8, 4) is 11.1 Å². The largest absolute Gasteiger partial charge is 0.478 e. The van der Waals surface area contributed by atoms with Gasteiger partial charge in [0.25, 0.3) is 0 Å². The summed E-state index contributed by atoms with van der Waals surface area (Å²) in [6, 6.07) is 8.49. The molecule has 2 rings (SSSR count). The molecule has 0 aliphatic heterocycles. The maximum atomic E-state index is 14.1. The van der Waals surface area contributed by atoms with Crippen molar-refractivity contribution in [2.24, 2.45) is 0 Å². The topological polar surface area (TPSA) is 63.6 Å². The van der Waals surface area contributed by atoms with Crippen molar-refractivity contribution in [1.82, 2.24) is 0 Å². The van der Waals surface area contributed by atoms with Crippen LogP contribution in [0.25, 0.3) is 11.1 Å². The lowest BCUT2D eigenvalue weighted by Crippen LogP contribution is -2.02. The van der Waals surface area contributed by atoms with Gasteiger partial charge in [0.15, 0.2) is 0 Å². The highest BCUT2D eigenvalue weighted by atomic mass is 19.1. The molecule has 0 radical (unpaired) electrons. The number of aromatic carboxylic acids is 1. The van der Waals surface area contributed by atoms with Gasteiger partial charge in [0.05, 0.1) is 18.2 Å². The summed E-state index contributed by atoms with van der Waals surface area (Å²) in [5, 5.41) is 8.92. The summed E-state index contributed by atoms with van der Waals surface area (Å²) in [6.07, 6.45) is 0. The van der Waals surface area contributed by atoms with Crippen LogP contribution in [0.3, 0.4) is 0 Å². The Bertz CT molecular complexity index is 722. The Kier molecular flexibility index (Phi) is 4.03. The minimum absolute atomic E-state index is 0.124. The third-order valence-electron chi connectivity index (χ3n) is 3.15. The van der Waals surface area contributed by atoms with Gasteiger partial charge in [-0.15, -0.1) is 0 Å². The number of ether oxygens (including phenoxy) is 1. The van der Waals surface area contributed by atoms with E-state index in [9.17, 15) is 14.0 Å². The van der Waals surface area contributed by atoms with Crippen LogP contribution in [0.15, 0.2) is 36.4 Å². The molecule has 0 spiro atoms. The zero-order chi connectivity index (χ0) is 15.6. The molecule has 0 aromatic heterocycles. The van der Waals surface area contributed by atoms with Crippen LogP contribution in [0.4, 0.5) is 4.39 Å². The van der Waals surface area contributed by atoms with Gasteiger partial charge in [-0.3, -0.25) is 0 Å². The van der Waals surface area contributed by atoms with Gasteiger partial charge in [-0.25, -0.2) is 14.0 Å². The molecule has 1 N–H and O–H groups in total. The Morgan fingerprint density at radius 3 is 2.19 bits per heavy atom. The van der Waals surface area contributed by atoms with Crippen LogP contribution in [0, 0.1) is 12.7 Å². The standard InChI is InChI=1S/C16H13FO4/c1-9-7-10(15(18)19)3-5-12(9)13-6-4-11(8-14(13)17)16(20)21-2/h3-8H,1-2H3,(H,18,19). The minimum atomic E-state index is -1.04. The molecule has 0 heterocycles. The first-order valence-electron chi connectivity index (χ1n) is 6.16. The molecule has 21 heavy (non-hydrogen) atoms. The average Bonchev–Trinajstić information content (AvgIpc) is 2.46. The van der Waals surface area contributed by atoms with Crippen LogP contribution < -0.4 is 0 Å². The van der Waals surface area contributed by atoms with Crippen molar-refractivity contribution >= 4 is 11.9 Å². The smallest absolute Gasteiger partial charge is 0.337 e. The minimum Gasteiger partial charge on any atom is -0.478 e. The Balaban J connectivity index is 2.47. The van der Waals surface area contributed by atoms with E-state index in [4.69, 9.17) is 5.11 Å². The van der Waals surface area contributed by atoms with E-state index in [0.29, 0.717) is 16.7 Å². The molecular weight excluding hydrogens is 275 g/mol. The lowest BCUT2D eigenvalue weighted by atomic mass is 9.97. The summed E-state index contributed by atoms with van der Waals surface area (Å²) in [7, 11) is 1.23. The summed E-state index contributed by atoms with van der Waals surface area (Å²) in [4.78, 5) is 22.2. The highest BCUT2D eigenvalue weighted by Crippen LogP contribution is 2.27. The SMILES string of the molecule is COC(=O)c1ccc(-c2ccc(C(=O)O)cc2C)c(F)c1. The van der Waals surface area contributed by atoms with Gasteiger partial charge in [0.2, 0.25) is 0 Å². The van der Waals surface area contributed by atoms with Crippen molar-refractivity contribution < 1.29 is 23.8 Å². The highest BCUT2D eigenvalue weighted by Gasteiger charge is 2.13. The number of carbonyl (C=O) groups excluding carboxylic acids is 1. The molecule has 0 bridgehead atoms. The number of esters is 1. The van der Waals surface area contributed by atoms with Crippen molar-refractivity contribution in [3.05, 3.63) is 58.9 Å². The molecule has 0 saturated heterocycles. The highest BCUT2D eigenvalue weighted by molar-refractivity contribution is 5.91. The first-order valence-corrected chi connectivity index (χ1v) is 6.16. The monoisotopic (exact) mass is 288 g/mol. The van der Waals surface area contributed by atoms with E-state index in [0.717, 1.165) is 6.07 Å². The van der Waals surface area contributed by atoms with Crippen molar-refractivity contribution in [1.29, 1.82) is 0 Å². The summed E-state index contributed by atoms with van der Waals surface area (Å²) in [5.74, 6) is -2.21. The van der Waals surface area contributed by atoms with E-state index in [1.807, 2.05) is 0 Å². The zero-order valence-electron chi connectivity index (χ0n) is 11.5. The number of aryl methyl sites for hydroxylation is 1. The lowest BCUT2D eigenvalue weighted by molar-refractivity contribution is 0.0599. The van der Waals surface area contributed by atoms with Crippen LogP contribution in [0.5, 0.6) is 0 Å². The van der Waals surface area contributed by atoms with Gasteiger partial charge in [-0.05, 0) is 42.3 Å². The van der Waals surface area contributed by atoms with Crippen LogP contribution in [-0.2, 0) is 4.74 Å². The van der Waals surface area contributed by atoms with Crippen LogP contribution in [-0.4, -0.2) is 24.2 Å². The lowest BCUT2D eigenvalue weighted by Gasteiger charge is -2.09. The Morgan fingerprint density at radius 2 is 1.67 bits per heavy atom. The molecule has 0 amide bonds. The molecule has 0 atom stereocenters. The molecule has 0 aliphatic carbocycles. The summed E-state index contributed by atoms with van der Waals surface area (Å²) < 4.78 is 18.7. The fourth-order valence-electron chi connectivity index (χ4n) is 2.08. The molecule has 5 heteroatoms. The number of hydrogen-bond acceptors (Lipinski definition) is 3. The maximum absolute atomic E-state index is 14.1. The summed E-state index contributed by atoms with van der Waals surface area (Å²) in [5.41, 5.74) is 1.78. The predicted octanol–water partition coefficient (Wildman–Crippen LogP) is 3.29. The van der Waals surface area contributed by atoms with Gasteiger partial charge >= 0.3 is 11.9 Å². The number of rotatable bonds is 3. The second-order valence-corrected chi connectivity index (χ2v) is 4.52. The first-order chi connectivity index (χ1) is 9.93. The molecular formula is C16H13FO4. The fourth-order valence-corrected chi connectivity index (χ4v) is 2.08. The predicted molar refractivity (Wildman–Crippen MR) is 74.9 cm³/mol. The van der Waals surface area contributed by atoms with Gasteiger partial charge in [0, 0.05) is 5.56 Å². The average molecular weight is 288 g/mol. The van der Waals surface area contributed by atoms with Gasteiger partial charge < -0.3 is 9.84 Å². The number of hydrogen-bond donors (Lipinski definition) is 1. The molecule has 2 aromatic carbocycles. The number of halogens is 1. The van der Waals surface area contributed by atoms with Crippen LogP contribution >= 0.6 is 0 Å². The Morgan fingerprint density at radius 1 is 1.05 bits per heavy atom. The van der Waals surface area contributed by atoms with E-state index in [1.54, 1.807) is 13.0 Å². The van der Waals surface area contributed by atoms with Gasteiger partial charge in [-0.2, -0.15) is 0 Å². The van der Waals surface area contributed by atoms with Gasteiger partial charge in [-0.1, -0.05) is 12.1 Å². The molecule has 4 nitrogen and oxygen atoms in total. The van der Waals surface area contributed by atoms with E-state index in [1.165, 1.54) is 31.4 Å². The molecule has 0 fully saturated rings. The molecule has 2 aromatic rings. The van der Waals surface area contributed by atoms with Crippen molar-refractivity contribution in [2.45, 2.75) is 6.92 Å². The van der Waals surface area contributed by atoms with Crippen molar-refractivity contribution in [3.63, 3.8) is 0 Å². The number of methoxy groups -OCH3 is 1. The number of carboxylic acids is 1. The third-order valence-corrected chi connectivity index (χ3v) is 3.15. The third kappa shape index (κ3) is 2.91. The van der Waals surface area contributed by atoms with E-state index < -0.39 is 17.8 Å². The van der Waals surface area contributed by atoms with Crippen molar-refractivity contribution in [2.75, 3.05) is 7.11 Å². The number of benzene rings is 2. The Labute approximate surface area is 120 Å². The Hall–Kier alpha value is -2.69. The fraction of sp³-hybridized carbons (Fsp3) is 0.125. The quantitative estimate of drug-likeness (QED) is 0.880. The van der Waals surface area contributed by atoms with E-state index >= 15 is 0 Å². The van der Waals surface area contributed by atoms with Crippen LogP contribution in [0.2, 0.25) is 0 Å². The molecule has 0 aliphatic rings. The second kappa shape index (κ2) is 5.75. The second-order valence-electron chi connectivity index (χ2n) is 4.52. The zero-order valence-corrected chi connectivity index (χ0v) is 11.5. The molecule has 108 valence electrons. The summed E-state index contributed by atoms with van der Waals surface area (Å²) >= 11 is 0.